The highest BCUT2D eigenvalue weighted by atomic mass is 32.2. The molecule has 0 saturated heterocycles. The molecular weight excluding hydrogens is 476 g/mol. The number of nitrogens with zero attached hydrogens (tertiary/aromatic N) is 2. The summed E-state index contributed by atoms with van der Waals surface area (Å²) in [5.74, 6) is -2.35. The summed E-state index contributed by atoms with van der Waals surface area (Å²) >= 11 is 0. The quantitative estimate of drug-likeness (QED) is 0.153. The number of carbonyl (C=O) groups is 3. The van der Waals surface area contributed by atoms with Gasteiger partial charge in [-0.3, -0.25) is 19.4 Å². The van der Waals surface area contributed by atoms with Gasteiger partial charge in [0, 0.05) is 37.3 Å². The molecule has 1 aliphatic rings. The molecule has 2 aromatic carbocycles. The molecule has 35 heavy (non-hydrogen) atoms. The van der Waals surface area contributed by atoms with Crippen LogP contribution < -0.4 is 21.5 Å². The zero-order valence-electron chi connectivity index (χ0n) is 18.7. The van der Waals surface area contributed by atoms with Crippen LogP contribution in [0.25, 0.3) is 0 Å². The first-order valence-corrected chi connectivity index (χ1v) is 12.1. The Labute approximate surface area is 202 Å². The molecule has 7 N–H and O–H groups in total. The van der Waals surface area contributed by atoms with E-state index in [2.05, 4.69) is 15.0 Å². The van der Waals surface area contributed by atoms with E-state index in [0.717, 1.165) is 5.56 Å². The van der Waals surface area contributed by atoms with Crippen LogP contribution in [0, 0.1) is 0 Å². The van der Waals surface area contributed by atoms with Crippen molar-refractivity contribution in [1.82, 2.24) is 14.9 Å². The minimum atomic E-state index is -4.11. The van der Waals surface area contributed by atoms with Gasteiger partial charge in [-0.05, 0) is 36.2 Å². The van der Waals surface area contributed by atoms with E-state index in [9.17, 15) is 27.9 Å². The second-order valence-corrected chi connectivity index (χ2v) is 9.51. The van der Waals surface area contributed by atoms with E-state index in [0.29, 0.717) is 31.6 Å². The molecule has 0 bridgehead atoms. The number of aliphatic imine (C=N–C) groups is 1. The number of hydrogen-bond acceptors (Lipinski definition) is 6. The van der Waals surface area contributed by atoms with E-state index in [1.165, 1.54) is 36.4 Å². The van der Waals surface area contributed by atoms with Crippen molar-refractivity contribution < 1.29 is 27.9 Å². The normalized spacial score (nSPS) is 13.7. The Morgan fingerprint density at radius 3 is 2.51 bits per heavy atom. The minimum absolute atomic E-state index is 0.0188. The van der Waals surface area contributed by atoms with E-state index in [4.69, 9.17) is 11.5 Å². The number of fused-ring (bicyclic) bond motifs is 1. The van der Waals surface area contributed by atoms with E-state index in [-0.39, 0.29) is 22.3 Å². The lowest BCUT2D eigenvalue weighted by atomic mass is 10.1. The monoisotopic (exact) mass is 502 g/mol. The van der Waals surface area contributed by atoms with Crippen LogP contribution in [0.15, 0.2) is 58.4 Å². The summed E-state index contributed by atoms with van der Waals surface area (Å²) in [4.78, 5) is 42.3. The van der Waals surface area contributed by atoms with Gasteiger partial charge in [-0.25, -0.2) is 8.42 Å². The van der Waals surface area contributed by atoms with Crippen molar-refractivity contribution in [2.75, 3.05) is 19.6 Å². The standard InChI is InChI=1S/C22H26N6O6S/c23-22(24)25-9-4-10-28-13-15-8-7-14(11-17(15)20(28)30)19(29)26-12-18(21(31)32)27-35(33,34)16-5-2-1-3-6-16/h1-3,5-8,11,18,27H,4,9-10,12-13H2,(H,26,29)(H,31,32)(H4,23,24,25)/t18-/m0/s1. The lowest BCUT2D eigenvalue weighted by molar-refractivity contribution is -0.138. The zero-order valence-corrected chi connectivity index (χ0v) is 19.5. The van der Waals surface area contributed by atoms with Crippen LogP contribution in [0.5, 0.6) is 0 Å². The first-order chi connectivity index (χ1) is 16.6. The third-order valence-electron chi connectivity index (χ3n) is 5.25. The lowest BCUT2D eigenvalue weighted by Crippen LogP contribution is -2.48. The topological polar surface area (TPSA) is 197 Å². The molecule has 2 amide bonds. The molecule has 0 unspecified atom stereocenters. The molecule has 186 valence electrons. The first kappa shape index (κ1) is 25.6. The molecule has 0 aliphatic carbocycles. The molecule has 13 heteroatoms. The molecule has 1 atom stereocenters. The second-order valence-electron chi connectivity index (χ2n) is 7.79. The van der Waals surface area contributed by atoms with Gasteiger partial charge in [-0.1, -0.05) is 24.3 Å². The highest BCUT2D eigenvalue weighted by molar-refractivity contribution is 7.89. The summed E-state index contributed by atoms with van der Waals surface area (Å²) in [7, 11) is -4.11. The predicted molar refractivity (Wildman–Crippen MR) is 127 cm³/mol. The molecule has 0 fully saturated rings. The van der Waals surface area contributed by atoms with Gasteiger partial charge in [-0.15, -0.1) is 0 Å². The number of nitrogens with one attached hydrogen (secondary N) is 2. The molecule has 0 radical (unpaired) electrons. The number of aliphatic carboxylic acids is 1. The van der Waals surface area contributed by atoms with E-state index in [1.807, 2.05) is 0 Å². The number of hydrogen-bond donors (Lipinski definition) is 5. The van der Waals surface area contributed by atoms with Gasteiger partial charge >= 0.3 is 5.97 Å². The van der Waals surface area contributed by atoms with Crippen LogP contribution in [0.1, 0.15) is 32.7 Å². The molecule has 3 rings (SSSR count). The van der Waals surface area contributed by atoms with Crippen LogP contribution in [-0.4, -0.2) is 67.8 Å². The molecule has 0 saturated carbocycles. The first-order valence-electron chi connectivity index (χ1n) is 10.6. The number of amides is 2. The van der Waals surface area contributed by atoms with E-state index >= 15 is 0 Å². The van der Waals surface area contributed by atoms with Crippen molar-refractivity contribution in [3.8, 4) is 0 Å². The van der Waals surface area contributed by atoms with Gasteiger partial charge in [-0.2, -0.15) is 4.72 Å². The molecule has 1 aliphatic heterocycles. The van der Waals surface area contributed by atoms with Crippen LogP contribution in [0.3, 0.4) is 0 Å². The summed E-state index contributed by atoms with van der Waals surface area (Å²) in [5.41, 5.74) is 11.9. The molecule has 0 aromatic heterocycles. The van der Waals surface area contributed by atoms with Gasteiger partial charge in [0.15, 0.2) is 5.96 Å². The fourth-order valence-corrected chi connectivity index (χ4v) is 4.69. The highest BCUT2D eigenvalue weighted by Gasteiger charge is 2.29. The predicted octanol–water partition coefficient (Wildman–Crippen LogP) is -0.533. The smallest absolute Gasteiger partial charge is 0.323 e. The number of guanidine groups is 1. The zero-order chi connectivity index (χ0) is 25.6. The maximum absolute atomic E-state index is 12.7. The van der Waals surface area contributed by atoms with Crippen molar-refractivity contribution in [3.63, 3.8) is 0 Å². The average Bonchev–Trinajstić information content (AvgIpc) is 3.14. The lowest BCUT2D eigenvalue weighted by Gasteiger charge is -2.16. The minimum Gasteiger partial charge on any atom is -0.480 e. The molecule has 2 aromatic rings. The second kappa shape index (κ2) is 11.0. The molecule has 12 nitrogen and oxygen atoms in total. The van der Waals surface area contributed by atoms with Gasteiger partial charge in [0.05, 0.1) is 4.90 Å². The number of nitrogens with two attached hydrogens (primary N) is 2. The third kappa shape index (κ3) is 6.55. The number of carboxylic acid groups (broad SMARTS) is 1. The Morgan fingerprint density at radius 2 is 1.86 bits per heavy atom. The summed E-state index contributed by atoms with van der Waals surface area (Å²) in [6.07, 6.45) is 0.570. The summed E-state index contributed by atoms with van der Waals surface area (Å²) in [6.45, 7) is 0.713. The largest absolute Gasteiger partial charge is 0.480 e. The Hall–Kier alpha value is -3.97. The van der Waals surface area contributed by atoms with Crippen LogP contribution in [0.4, 0.5) is 0 Å². The Balaban J connectivity index is 1.62. The maximum atomic E-state index is 12.7. The van der Waals surface area contributed by atoms with Gasteiger partial charge in [0.25, 0.3) is 11.8 Å². The SMILES string of the molecule is NC(N)=NCCCN1Cc2ccc(C(=O)NC[C@H](NS(=O)(=O)c3ccccc3)C(=O)O)cc2C1=O. The highest BCUT2D eigenvalue weighted by Crippen LogP contribution is 2.24. The number of carboxylic acids is 1. The molecular formula is C22H26N6O6S. The van der Waals surface area contributed by atoms with E-state index < -0.39 is 34.5 Å². The average molecular weight is 503 g/mol. The Bertz CT molecular complexity index is 1240. The number of sulfonamides is 1. The third-order valence-corrected chi connectivity index (χ3v) is 6.73. The van der Waals surface area contributed by atoms with Crippen molar-refractivity contribution in [1.29, 1.82) is 0 Å². The Morgan fingerprint density at radius 1 is 1.14 bits per heavy atom. The van der Waals surface area contributed by atoms with Crippen LogP contribution in [0.2, 0.25) is 0 Å². The Kier molecular flexibility index (Phi) is 8.04. The van der Waals surface area contributed by atoms with Crippen molar-refractivity contribution in [2.24, 2.45) is 16.5 Å². The van der Waals surface area contributed by atoms with Crippen molar-refractivity contribution in [3.05, 3.63) is 65.2 Å². The van der Waals surface area contributed by atoms with Crippen molar-refractivity contribution in [2.45, 2.75) is 23.9 Å². The maximum Gasteiger partial charge on any atom is 0.323 e. The number of benzene rings is 2. The summed E-state index contributed by atoms with van der Waals surface area (Å²) in [5, 5.41) is 11.8. The van der Waals surface area contributed by atoms with Crippen molar-refractivity contribution >= 4 is 33.8 Å². The fraction of sp³-hybridized carbons (Fsp3) is 0.273. The number of rotatable bonds is 11. The van der Waals surface area contributed by atoms with Gasteiger partial charge in [0.2, 0.25) is 10.0 Å². The summed E-state index contributed by atoms with van der Waals surface area (Å²) in [6, 6.07) is 10.3. The fourth-order valence-electron chi connectivity index (χ4n) is 3.48. The summed E-state index contributed by atoms with van der Waals surface area (Å²) < 4.78 is 26.9. The van der Waals surface area contributed by atoms with Gasteiger partial charge in [0.1, 0.15) is 6.04 Å². The van der Waals surface area contributed by atoms with E-state index in [1.54, 1.807) is 17.0 Å². The molecule has 0 spiro atoms. The van der Waals surface area contributed by atoms with Gasteiger partial charge < -0.3 is 26.8 Å². The molecule has 1 heterocycles. The van der Waals surface area contributed by atoms with Crippen LogP contribution in [-0.2, 0) is 21.4 Å². The number of carbonyl (C=O) groups excluding carboxylic acids is 2. The van der Waals surface area contributed by atoms with Crippen LogP contribution >= 0.6 is 0 Å².